The molecule has 0 bridgehead atoms. The van der Waals surface area contributed by atoms with E-state index in [1.54, 1.807) is 27.7 Å². The second kappa shape index (κ2) is 10.4. The summed E-state index contributed by atoms with van der Waals surface area (Å²) in [4.78, 5) is 41.1. The van der Waals surface area contributed by atoms with Crippen LogP contribution in [0.3, 0.4) is 0 Å². The van der Waals surface area contributed by atoms with Crippen molar-refractivity contribution in [3.8, 4) is 0 Å². The number of ether oxygens (including phenoxy) is 2. The minimum Gasteiger partial charge on any atom is -0.462 e. The molecule has 0 aliphatic heterocycles. The fraction of sp³-hybridized carbons (Fsp3) is 0.364. The van der Waals surface area contributed by atoms with Crippen LogP contribution in [0.25, 0.3) is 0 Å². The molecule has 0 spiro atoms. The van der Waals surface area contributed by atoms with Gasteiger partial charge in [-0.05, 0) is 45.4 Å². The van der Waals surface area contributed by atoms with Gasteiger partial charge in [-0.1, -0.05) is 30.3 Å². The molecule has 8 nitrogen and oxygen atoms in total. The monoisotopic (exact) mass is 413 g/mol. The molecule has 2 rings (SSSR count). The lowest BCUT2D eigenvalue weighted by atomic mass is 10.1. The van der Waals surface area contributed by atoms with Gasteiger partial charge in [0.2, 0.25) is 5.91 Å². The lowest BCUT2D eigenvalue weighted by Crippen LogP contribution is -2.47. The number of hydrogen-bond acceptors (Lipinski definition) is 6. The summed E-state index contributed by atoms with van der Waals surface area (Å²) >= 11 is 0. The van der Waals surface area contributed by atoms with Gasteiger partial charge < -0.3 is 20.1 Å². The van der Waals surface area contributed by atoms with E-state index in [1.807, 2.05) is 30.3 Å². The quantitative estimate of drug-likeness (QED) is 0.675. The van der Waals surface area contributed by atoms with E-state index in [2.05, 4.69) is 15.6 Å². The van der Waals surface area contributed by atoms with Crippen LogP contribution >= 0.6 is 0 Å². The molecule has 2 amide bonds. The summed E-state index contributed by atoms with van der Waals surface area (Å²) in [6.07, 6.45) is 0.950. The number of nitrogens with one attached hydrogen (secondary N) is 2. The fourth-order valence-corrected chi connectivity index (χ4v) is 2.56. The Balaban J connectivity index is 2.16. The van der Waals surface area contributed by atoms with E-state index in [9.17, 15) is 14.4 Å². The molecule has 8 heteroatoms. The van der Waals surface area contributed by atoms with E-state index < -0.39 is 29.6 Å². The van der Waals surface area contributed by atoms with Crippen LogP contribution in [0.4, 0.5) is 10.6 Å². The average molecular weight is 413 g/mol. The highest BCUT2D eigenvalue weighted by Gasteiger charge is 2.25. The van der Waals surface area contributed by atoms with Gasteiger partial charge in [0.05, 0.1) is 12.2 Å². The highest BCUT2D eigenvalue weighted by molar-refractivity contribution is 5.97. The Morgan fingerprint density at radius 1 is 1.10 bits per heavy atom. The number of alkyl carbamates (subject to hydrolysis) is 1. The van der Waals surface area contributed by atoms with Crippen LogP contribution in [0.15, 0.2) is 48.7 Å². The highest BCUT2D eigenvalue weighted by atomic mass is 16.6. The Hall–Kier alpha value is -3.42. The first-order valence-electron chi connectivity index (χ1n) is 9.65. The Kier molecular flexibility index (Phi) is 7.91. The molecule has 0 saturated heterocycles. The van der Waals surface area contributed by atoms with Crippen LogP contribution in [-0.2, 0) is 20.7 Å². The Morgan fingerprint density at radius 2 is 1.80 bits per heavy atom. The van der Waals surface area contributed by atoms with Crippen LogP contribution in [0, 0.1) is 0 Å². The number of aromatic nitrogens is 1. The topological polar surface area (TPSA) is 107 Å². The van der Waals surface area contributed by atoms with Crippen molar-refractivity contribution in [2.75, 3.05) is 11.9 Å². The standard InChI is InChI=1S/C22H27N3O5/c1-5-29-20(27)16-11-12-23-18(14-16)25-19(26)17(13-15-9-7-6-8-10-15)24-21(28)30-22(2,3)4/h6-12,14,17H,5,13H2,1-4H3,(H,24,28)(H,23,25,26). The van der Waals surface area contributed by atoms with Crippen LogP contribution in [0.1, 0.15) is 43.6 Å². The predicted molar refractivity (Wildman–Crippen MR) is 112 cm³/mol. The summed E-state index contributed by atoms with van der Waals surface area (Å²) < 4.78 is 10.2. The van der Waals surface area contributed by atoms with Crippen molar-refractivity contribution < 1.29 is 23.9 Å². The molecule has 0 aliphatic carbocycles. The number of esters is 1. The fourth-order valence-electron chi connectivity index (χ4n) is 2.56. The molecule has 160 valence electrons. The van der Waals surface area contributed by atoms with E-state index >= 15 is 0 Å². The van der Waals surface area contributed by atoms with Crippen LogP contribution < -0.4 is 10.6 Å². The highest BCUT2D eigenvalue weighted by Crippen LogP contribution is 2.12. The molecule has 1 atom stereocenters. The molecule has 1 aromatic carbocycles. The van der Waals surface area contributed by atoms with Gasteiger partial charge in [-0.15, -0.1) is 0 Å². The molecular formula is C22H27N3O5. The van der Waals surface area contributed by atoms with Gasteiger partial charge in [0.25, 0.3) is 0 Å². The van der Waals surface area contributed by atoms with Crippen LogP contribution in [-0.4, -0.2) is 41.2 Å². The number of carbonyl (C=O) groups excluding carboxylic acids is 3. The van der Waals surface area contributed by atoms with E-state index in [1.165, 1.54) is 18.3 Å². The minimum absolute atomic E-state index is 0.176. The summed E-state index contributed by atoms with van der Waals surface area (Å²) in [5.41, 5.74) is 0.428. The second-order valence-corrected chi connectivity index (χ2v) is 7.53. The number of anilines is 1. The van der Waals surface area contributed by atoms with Crippen LogP contribution in [0.5, 0.6) is 0 Å². The average Bonchev–Trinajstić information content (AvgIpc) is 2.67. The molecular weight excluding hydrogens is 386 g/mol. The SMILES string of the molecule is CCOC(=O)c1ccnc(NC(=O)C(Cc2ccccc2)NC(=O)OC(C)(C)C)c1. The number of carbonyl (C=O) groups is 3. The van der Waals surface area contributed by atoms with Crippen molar-refractivity contribution in [3.63, 3.8) is 0 Å². The summed E-state index contributed by atoms with van der Waals surface area (Å²) in [5.74, 6) is -0.823. The Labute approximate surface area is 176 Å². The zero-order chi connectivity index (χ0) is 22.1. The van der Waals surface area contributed by atoms with Crippen LogP contribution in [0.2, 0.25) is 0 Å². The van der Waals surface area contributed by atoms with Gasteiger partial charge in [0, 0.05) is 12.6 Å². The number of amides is 2. The minimum atomic E-state index is -0.907. The first kappa shape index (κ1) is 22.9. The van der Waals surface area contributed by atoms with Crippen molar-refractivity contribution in [1.82, 2.24) is 10.3 Å². The Morgan fingerprint density at radius 3 is 2.43 bits per heavy atom. The summed E-state index contributed by atoms with van der Waals surface area (Å²) in [5, 5.41) is 5.25. The number of nitrogens with zero attached hydrogens (tertiary/aromatic N) is 1. The number of hydrogen-bond donors (Lipinski definition) is 2. The molecule has 1 heterocycles. The molecule has 30 heavy (non-hydrogen) atoms. The van der Waals surface area contributed by atoms with E-state index in [0.717, 1.165) is 5.56 Å². The molecule has 0 aliphatic rings. The summed E-state index contributed by atoms with van der Waals surface area (Å²) in [6, 6.07) is 11.3. The number of rotatable bonds is 7. The lowest BCUT2D eigenvalue weighted by Gasteiger charge is -2.23. The van der Waals surface area contributed by atoms with Crippen molar-refractivity contribution in [2.24, 2.45) is 0 Å². The van der Waals surface area contributed by atoms with E-state index in [4.69, 9.17) is 9.47 Å². The maximum absolute atomic E-state index is 12.9. The molecule has 0 radical (unpaired) electrons. The third-order valence-corrected chi connectivity index (χ3v) is 3.81. The number of pyridine rings is 1. The number of benzene rings is 1. The molecule has 2 N–H and O–H groups in total. The largest absolute Gasteiger partial charge is 0.462 e. The molecule has 0 fully saturated rings. The van der Waals surface area contributed by atoms with Gasteiger partial charge in [0.1, 0.15) is 17.5 Å². The third-order valence-electron chi connectivity index (χ3n) is 3.81. The van der Waals surface area contributed by atoms with Crippen molar-refractivity contribution in [1.29, 1.82) is 0 Å². The maximum atomic E-state index is 12.9. The molecule has 1 aromatic heterocycles. The summed E-state index contributed by atoms with van der Waals surface area (Å²) in [7, 11) is 0. The van der Waals surface area contributed by atoms with Gasteiger partial charge >= 0.3 is 12.1 Å². The van der Waals surface area contributed by atoms with E-state index in [0.29, 0.717) is 0 Å². The van der Waals surface area contributed by atoms with Crippen molar-refractivity contribution in [2.45, 2.75) is 45.8 Å². The third kappa shape index (κ3) is 7.54. The van der Waals surface area contributed by atoms with Gasteiger partial charge in [-0.3, -0.25) is 4.79 Å². The first-order chi connectivity index (χ1) is 14.2. The van der Waals surface area contributed by atoms with Gasteiger partial charge in [-0.25, -0.2) is 14.6 Å². The van der Waals surface area contributed by atoms with Gasteiger partial charge in [-0.2, -0.15) is 0 Å². The second-order valence-electron chi connectivity index (χ2n) is 7.53. The van der Waals surface area contributed by atoms with Gasteiger partial charge in [0.15, 0.2) is 0 Å². The summed E-state index contributed by atoms with van der Waals surface area (Å²) in [6.45, 7) is 7.16. The molecule has 2 aromatic rings. The van der Waals surface area contributed by atoms with Crippen molar-refractivity contribution in [3.05, 3.63) is 59.8 Å². The van der Waals surface area contributed by atoms with Crippen molar-refractivity contribution >= 4 is 23.8 Å². The zero-order valence-corrected chi connectivity index (χ0v) is 17.6. The maximum Gasteiger partial charge on any atom is 0.408 e. The molecule has 1 unspecified atom stereocenters. The van der Waals surface area contributed by atoms with E-state index in [-0.39, 0.29) is 24.4 Å². The Bertz CT molecular complexity index is 878. The predicted octanol–water partition coefficient (Wildman–Crippen LogP) is 3.33. The zero-order valence-electron chi connectivity index (χ0n) is 17.6. The smallest absolute Gasteiger partial charge is 0.408 e. The first-order valence-corrected chi connectivity index (χ1v) is 9.65. The normalized spacial score (nSPS) is 11.9. The molecule has 0 saturated carbocycles. The lowest BCUT2D eigenvalue weighted by molar-refractivity contribution is -0.118.